The van der Waals surface area contributed by atoms with Gasteiger partial charge in [0.2, 0.25) is 0 Å². The third-order valence-corrected chi connectivity index (χ3v) is 3.40. The molecular weight excluding hydrogens is 242 g/mol. The second-order valence-corrected chi connectivity index (χ2v) is 5.00. The van der Waals surface area contributed by atoms with Crippen molar-refractivity contribution in [2.45, 2.75) is 13.0 Å². The lowest BCUT2D eigenvalue weighted by atomic mass is 10.1. The number of hydrogen-bond acceptors (Lipinski definition) is 4. The number of aryl methyl sites for hydroxylation is 1. The normalized spacial score (nSPS) is 20.2. The Morgan fingerprint density at radius 2 is 2.37 bits per heavy atom. The van der Waals surface area contributed by atoms with Gasteiger partial charge in [-0.25, -0.2) is 0 Å². The highest BCUT2D eigenvalue weighted by Crippen LogP contribution is 2.16. The van der Waals surface area contributed by atoms with Gasteiger partial charge in [0, 0.05) is 25.3 Å². The summed E-state index contributed by atoms with van der Waals surface area (Å²) in [5.74, 6) is -0.141. The standard InChI is InChI=1S/C14H21N3O2/c1-10-4-3-5-12(13(10)15)14(18)16-8-11-9-17(2)6-7-19-11/h3-5,11H,6-9,15H2,1-2H3,(H,16,18). The monoisotopic (exact) mass is 263 g/mol. The Morgan fingerprint density at radius 3 is 3.11 bits per heavy atom. The number of rotatable bonds is 3. The predicted molar refractivity (Wildman–Crippen MR) is 75.2 cm³/mol. The number of benzene rings is 1. The number of para-hydroxylation sites is 1. The minimum atomic E-state index is -0.141. The van der Waals surface area contributed by atoms with E-state index in [9.17, 15) is 4.79 Å². The third-order valence-electron chi connectivity index (χ3n) is 3.40. The summed E-state index contributed by atoms with van der Waals surface area (Å²) in [6.45, 7) is 4.89. The topological polar surface area (TPSA) is 67.6 Å². The number of nitrogens with two attached hydrogens (primary N) is 1. The number of nitrogen functional groups attached to an aromatic ring is 1. The molecule has 19 heavy (non-hydrogen) atoms. The van der Waals surface area contributed by atoms with Crippen molar-refractivity contribution < 1.29 is 9.53 Å². The van der Waals surface area contributed by atoms with Crippen molar-refractivity contribution in [3.05, 3.63) is 29.3 Å². The summed E-state index contributed by atoms with van der Waals surface area (Å²) >= 11 is 0. The number of hydrogen-bond donors (Lipinski definition) is 2. The number of carbonyl (C=O) groups is 1. The van der Waals surface area contributed by atoms with E-state index in [1.54, 1.807) is 6.07 Å². The molecule has 0 aromatic heterocycles. The molecule has 0 radical (unpaired) electrons. The molecule has 1 aromatic rings. The van der Waals surface area contributed by atoms with Crippen LogP contribution in [0.4, 0.5) is 5.69 Å². The zero-order valence-corrected chi connectivity index (χ0v) is 11.5. The van der Waals surface area contributed by atoms with Crippen molar-refractivity contribution in [3.8, 4) is 0 Å². The van der Waals surface area contributed by atoms with Crippen LogP contribution in [0.2, 0.25) is 0 Å². The molecule has 1 aromatic carbocycles. The summed E-state index contributed by atoms with van der Waals surface area (Å²) in [5.41, 5.74) is 7.91. The van der Waals surface area contributed by atoms with E-state index in [0.717, 1.165) is 18.7 Å². The maximum Gasteiger partial charge on any atom is 0.253 e. The van der Waals surface area contributed by atoms with Crippen molar-refractivity contribution in [2.75, 3.05) is 39.0 Å². The van der Waals surface area contributed by atoms with E-state index in [2.05, 4.69) is 17.3 Å². The van der Waals surface area contributed by atoms with Crippen molar-refractivity contribution in [2.24, 2.45) is 0 Å². The lowest BCUT2D eigenvalue weighted by Crippen LogP contribution is -2.46. The second kappa shape index (κ2) is 6.04. The Morgan fingerprint density at radius 1 is 1.58 bits per heavy atom. The molecule has 0 aliphatic carbocycles. The van der Waals surface area contributed by atoms with Crippen LogP contribution in [-0.4, -0.2) is 50.2 Å². The highest BCUT2D eigenvalue weighted by Gasteiger charge is 2.19. The van der Waals surface area contributed by atoms with Crippen LogP contribution in [0.5, 0.6) is 0 Å². The summed E-state index contributed by atoms with van der Waals surface area (Å²) in [6.07, 6.45) is 0.0498. The Labute approximate surface area is 113 Å². The summed E-state index contributed by atoms with van der Waals surface area (Å²) in [7, 11) is 2.05. The SMILES string of the molecule is Cc1cccc(C(=O)NCC2CN(C)CCO2)c1N. The average molecular weight is 263 g/mol. The fourth-order valence-electron chi connectivity index (χ4n) is 2.17. The van der Waals surface area contributed by atoms with Gasteiger partial charge in [-0.1, -0.05) is 12.1 Å². The van der Waals surface area contributed by atoms with Gasteiger partial charge in [0.05, 0.1) is 18.3 Å². The van der Waals surface area contributed by atoms with Crippen molar-refractivity contribution in [1.82, 2.24) is 10.2 Å². The van der Waals surface area contributed by atoms with Crippen LogP contribution in [0.3, 0.4) is 0 Å². The van der Waals surface area contributed by atoms with E-state index in [0.29, 0.717) is 24.4 Å². The van der Waals surface area contributed by atoms with E-state index >= 15 is 0 Å². The molecule has 5 nitrogen and oxygen atoms in total. The molecule has 1 unspecified atom stereocenters. The molecule has 104 valence electrons. The summed E-state index contributed by atoms with van der Waals surface area (Å²) in [6, 6.07) is 5.47. The van der Waals surface area contributed by atoms with Gasteiger partial charge < -0.3 is 20.7 Å². The first-order chi connectivity index (χ1) is 9.08. The first kappa shape index (κ1) is 13.8. The van der Waals surface area contributed by atoms with Crippen molar-refractivity contribution in [3.63, 3.8) is 0 Å². The Hall–Kier alpha value is -1.59. The van der Waals surface area contributed by atoms with Gasteiger partial charge >= 0.3 is 0 Å². The molecule has 0 spiro atoms. The molecule has 0 saturated carbocycles. The lowest BCUT2D eigenvalue weighted by molar-refractivity contribution is -0.0174. The summed E-state index contributed by atoms with van der Waals surface area (Å²) in [4.78, 5) is 14.3. The van der Waals surface area contributed by atoms with Crippen molar-refractivity contribution >= 4 is 11.6 Å². The smallest absolute Gasteiger partial charge is 0.253 e. The fraction of sp³-hybridized carbons (Fsp3) is 0.500. The highest BCUT2D eigenvalue weighted by molar-refractivity contribution is 5.99. The quantitative estimate of drug-likeness (QED) is 0.785. The maximum absolute atomic E-state index is 12.1. The molecular formula is C14H21N3O2. The molecule has 1 amide bonds. The number of likely N-dealkylation sites (N-methyl/N-ethyl adjacent to an activating group) is 1. The first-order valence-electron chi connectivity index (χ1n) is 6.51. The van der Waals surface area contributed by atoms with Crippen LogP contribution < -0.4 is 11.1 Å². The third kappa shape index (κ3) is 3.45. The van der Waals surface area contributed by atoms with Crippen LogP contribution >= 0.6 is 0 Å². The maximum atomic E-state index is 12.1. The van der Waals surface area contributed by atoms with E-state index in [1.807, 2.05) is 19.1 Å². The molecule has 5 heteroatoms. The highest BCUT2D eigenvalue weighted by atomic mass is 16.5. The number of carbonyl (C=O) groups excluding carboxylic acids is 1. The van der Waals surface area contributed by atoms with Gasteiger partial charge in [-0.15, -0.1) is 0 Å². The zero-order valence-electron chi connectivity index (χ0n) is 11.5. The first-order valence-corrected chi connectivity index (χ1v) is 6.51. The number of morpholine rings is 1. The molecule has 0 bridgehead atoms. The Kier molecular flexibility index (Phi) is 4.39. The van der Waals surface area contributed by atoms with E-state index in [-0.39, 0.29) is 12.0 Å². The summed E-state index contributed by atoms with van der Waals surface area (Å²) in [5, 5.41) is 2.89. The number of ether oxygens (including phenoxy) is 1. The van der Waals surface area contributed by atoms with E-state index < -0.39 is 0 Å². The molecule has 1 fully saturated rings. The van der Waals surface area contributed by atoms with Crippen molar-refractivity contribution in [1.29, 1.82) is 0 Å². The van der Waals surface area contributed by atoms with E-state index in [1.165, 1.54) is 0 Å². The fourth-order valence-corrected chi connectivity index (χ4v) is 2.17. The molecule has 3 N–H and O–H groups in total. The van der Waals surface area contributed by atoms with Gasteiger partial charge in [-0.3, -0.25) is 4.79 Å². The van der Waals surface area contributed by atoms with Gasteiger partial charge in [-0.2, -0.15) is 0 Å². The van der Waals surface area contributed by atoms with Gasteiger partial charge in [-0.05, 0) is 25.6 Å². The largest absolute Gasteiger partial charge is 0.398 e. The Bertz CT molecular complexity index is 462. The van der Waals surface area contributed by atoms with Crippen LogP contribution in [0.25, 0.3) is 0 Å². The summed E-state index contributed by atoms with van der Waals surface area (Å²) < 4.78 is 5.60. The lowest BCUT2D eigenvalue weighted by Gasteiger charge is -2.30. The molecule has 1 heterocycles. The minimum Gasteiger partial charge on any atom is -0.398 e. The van der Waals surface area contributed by atoms with Crippen LogP contribution in [0, 0.1) is 6.92 Å². The zero-order chi connectivity index (χ0) is 13.8. The van der Waals surface area contributed by atoms with Gasteiger partial charge in [0.15, 0.2) is 0 Å². The molecule has 2 rings (SSSR count). The van der Waals surface area contributed by atoms with Crippen LogP contribution in [-0.2, 0) is 4.74 Å². The van der Waals surface area contributed by atoms with Crippen LogP contribution in [0.15, 0.2) is 18.2 Å². The Balaban J connectivity index is 1.92. The van der Waals surface area contributed by atoms with E-state index in [4.69, 9.17) is 10.5 Å². The molecule has 1 atom stereocenters. The van der Waals surface area contributed by atoms with Gasteiger partial charge in [0.1, 0.15) is 0 Å². The average Bonchev–Trinajstić information content (AvgIpc) is 2.39. The molecule has 1 saturated heterocycles. The number of nitrogens with zero attached hydrogens (tertiary/aromatic N) is 1. The number of anilines is 1. The van der Waals surface area contributed by atoms with Crippen LogP contribution in [0.1, 0.15) is 15.9 Å². The molecule has 1 aliphatic rings. The second-order valence-electron chi connectivity index (χ2n) is 5.00. The number of nitrogens with one attached hydrogen (secondary N) is 1. The minimum absolute atomic E-state index is 0.0498. The number of amides is 1. The molecule has 1 aliphatic heterocycles. The van der Waals surface area contributed by atoms with Gasteiger partial charge in [0.25, 0.3) is 5.91 Å². The predicted octanol–water partition coefficient (Wildman–Crippen LogP) is 0.638.